The highest BCUT2D eigenvalue weighted by Gasteiger charge is 2.04. The monoisotopic (exact) mass is 245 g/mol. The quantitative estimate of drug-likeness (QED) is 0.736. The molecule has 4 nitrogen and oxygen atoms in total. The summed E-state index contributed by atoms with van der Waals surface area (Å²) in [4.78, 5) is 18.3. The van der Waals surface area contributed by atoms with Crippen LogP contribution in [0.25, 0.3) is 10.2 Å². The van der Waals surface area contributed by atoms with Crippen molar-refractivity contribution in [3.05, 3.63) is 20.2 Å². The van der Waals surface area contributed by atoms with E-state index in [-0.39, 0.29) is 11.5 Å². The average Bonchev–Trinajstić information content (AvgIpc) is 2.29. The third kappa shape index (κ3) is 1.12. The van der Waals surface area contributed by atoms with Crippen LogP contribution in [-0.2, 0) is 0 Å². The molecule has 3 N–H and O–H groups in total. The van der Waals surface area contributed by atoms with Crippen LogP contribution in [-0.4, -0.2) is 9.97 Å². The van der Waals surface area contributed by atoms with Crippen LogP contribution in [0.1, 0.15) is 0 Å². The number of nitrogens with two attached hydrogens (primary N) is 1. The van der Waals surface area contributed by atoms with Gasteiger partial charge >= 0.3 is 0 Å². The molecule has 0 amide bonds. The summed E-state index contributed by atoms with van der Waals surface area (Å²) in [5.41, 5.74) is 5.16. The van der Waals surface area contributed by atoms with E-state index < -0.39 is 0 Å². The van der Waals surface area contributed by atoms with Crippen molar-refractivity contribution < 1.29 is 0 Å². The number of hydrogen-bond acceptors (Lipinski definition) is 4. The first-order chi connectivity index (χ1) is 5.66. The lowest BCUT2D eigenvalue weighted by Gasteiger charge is -1.89. The number of nitrogen functional groups attached to an aromatic ring is 1. The molecular formula is C6H4BrN3OS. The Labute approximate surface area is 79.6 Å². The number of aromatic nitrogens is 2. The molecule has 0 saturated heterocycles. The van der Waals surface area contributed by atoms with E-state index in [0.29, 0.717) is 10.2 Å². The topological polar surface area (TPSA) is 71.8 Å². The molecule has 0 bridgehead atoms. The minimum Gasteiger partial charge on any atom is -0.369 e. The minimum atomic E-state index is -0.195. The fourth-order valence-corrected chi connectivity index (χ4v) is 2.37. The van der Waals surface area contributed by atoms with Crippen LogP contribution in [0.3, 0.4) is 0 Å². The first-order valence-corrected chi connectivity index (χ1v) is 4.72. The van der Waals surface area contributed by atoms with Crippen molar-refractivity contribution in [3.63, 3.8) is 0 Å². The Morgan fingerprint density at radius 1 is 1.67 bits per heavy atom. The summed E-state index contributed by atoms with van der Waals surface area (Å²) in [5.74, 6) is 0.154. The van der Waals surface area contributed by atoms with E-state index in [4.69, 9.17) is 5.73 Å². The lowest BCUT2D eigenvalue weighted by molar-refractivity contribution is 1.20. The van der Waals surface area contributed by atoms with E-state index in [1.165, 1.54) is 11.3 Å². The third-order valence-electron chi connectivity index (χ3n) is 1.39. The van der Waals surface area contributed by atoms with Crippen molar-refractivity contribution in [3.8, 4) is 0 Å². The second-order valence-electron chi connectivity index (χ2n) is 2.22. The van der Waals surface area contributed by atoms with Crippen LogP contribution in [0.4, 0.5) is 5.95 Å². The second-order valence-corrected chi connectivity index (χ2v) is 4.63. The fourth-order valence-electron chi connectivity index (χ4n) is 0.919. The Bertz CT molecular complexity index is 489. The van der Waals surface area contributed by atoms with Gasteiger partial charge in [0.15, 0.2) is 0 Å². The zero-order valence-electron chi connectivity index (χ0n) is 5.80. The van der Waals surface area contributed by atoms with Crippen LogP contribution in [0.15, 0.2) is 14.6 Å². The van der Waals surface area contributed by atoms with Gasteiger partial charge in [-0.2, -0.15) is 0 Å². The molecular weight excluding hydrogens is 242 g/mol. The van der Waals surface area contributed by atoms with Crippen molar-refractivity contribution in [2.75, 3.05) is 5.73 Å². The van der Waals surface area contributed by atoms with E-state index in [2.05, 4.69) is 25.9 Å². The molecule has 0 unspecified atom stereocenters. The Morgan fingerprint density at radius 3 is 3.17 bits per heavy atom. The average molecular weight is 246 g/mol. The van der Waals surface area contributed by atoms with Crippen molar-refractivity contribution in [1.29, 1.82) is 0 Å². The number of rotatable bonds is 0. The molecule has 0 saturated carbocycles. The summed E-state index contributed by atoms with van der Waals surface area (Å²) in [5, 5.41) is 0.570. The van der Waals surface area contributed by atoms with Gasteiger partial charge in [0.25, 0.3) is 5.56 Å². The summed E-state index contributed by atoms with van der Waals surface area (Å²) >= 11 is 4.65. The van der Waals surface area contributed by atoms with E-state index in [9.17, 15) is 4.79 Å². The molecule has 2 aromatic rings. The molecule has 2 rings (SSSR count). The molecule has 0 atom stereocenters. The maximum Gasteiger partial charge on any atom is 0.261 e. The molecule has 2 heterocycles. The van der Waals surface area contributed by atoms with Gasteiger partial charge in [-0.25, -0.2) is 4.98 Å². The number of aromatic amines is 1. The van der Waals surface area contributed by atoms with Gasteiger partial charge in [0.1, 0.15) is 4.83 Å². The van der Waals surface area contributed by atoms with Gasteiger partial charge < -0.3 is 5.73 Å². The lowest BCUT2D eigenvalue weighted by atomic mass is 10.4. The zero-order valence-corrected chi connectivity index (χ0v) is 8.20. The lowest BCUT2D eigenvalue weighted by Crippen LogP contribution is -2.09. The second kappa shape index (κ2) is 2.56. The van der Waals surface area contributed by atoms with Crippen LogP contribution in [0.5, 0.6) is 0 Å². The van der Waals surface area contributed by atoms with Crippen molar-refractivity contribution in [2.24, 2.45) is 0 Å². The molecule has 0 aromatic carbocycles. The van der Waals surface area contributed by atoms with E-state index in [1.807, 2.05) is 0 Å². The number of nitrogens with zero attached hydrogens (tertiary/aromatic N) is 1. The number of H-pyrrole nitrogens is 1. The Morgan fingerprint density at radius 2 is 2.42 bits per heavy atom. The molecule has 62 valence electrons. The van der Waals surface area contributed by atoms with Crippen molar-refractivity contribution in [2.45, 2.75) is 0 Å². The number of nitrogens with one attached hydrogen (secondary N) is 1. The SMILES string of the molecule is Nc1nc2sc(Br)cc2c(=O)[nH]1. The van der Waals surface area contributed by atoms with Crippen molar-refractivity contribution in [1.82, 2.24) is 9.97 Å². The highest BCUT2D eigenvalue weighted by molar-refractivity contribution is 9.11. The zero-order chi connectivity index (χ0) is 8.72. The molecule has 0 radical (unpaired) electrons. The predicted octanol–water partition coefficient (Wildman–Crippen LogP) is 1.33. The Kier molecular flexibility index (Phi) is 1.66. The minimum absolute atomic E-state index is 0.154. The first-order valence-electron chi connectivity index (χ1n) is 3.11. The molecule has 0 aliphatic carbocycles. The number of hydrogen-bond donors (Lipinski definition) is 2. The molecule has 6 heteroatoms. The van der Waals surface area contributed by atoms with Crippen molar-refractivity contribution >= 4 is 43.4 Å². The number of halogens is 1. The highest BCUT2D eigenvalue weighted by Crippen LogP contribution is 2.25. The van der Waals surface area contributed by atoms with Gasteiger partial charge in [-0.05, 0) is 22.0 Å². The van der Waals surface area contributed by atoms with E-state index in [0.717, 1.165) is 3.79 Å². The maximum absolute atomic E-state index is 11.2. The van der Waals surface area contributed by atoms with Gasteiger partial charge in [-0.15, -0.1) is 11.3 Å². The van der Waals surface area contributed by atoms with E-state index >= 15 is 0 Å². The highest BCUT2D eigenvalue weighted by atomic mass is 79.9. The molecule has 12 heavy (non-hydrogen) atoms. The maximum atomic E-state index is 11.2. The Balaban J connectivity index is 2.98. The van der Waals surface area contributed by atoms with Gasteiger partial charge in [-0.1, -0.05) is 0 Å². The fraction of sp³-hybridized carbons (Fsp3) is 0. The predicted molar refractivity (Wildman–Crippen MR) is 52.4 cm³/mol. The smallest absolute Gasteiger partial charge is 0.261 e. The van der Waals surface area contributed by atoms with Gasteiger partial charge in [0.2, 0.25) is 5.95 Å². The third-order valence-corrected chi connectivity index (χ3v) is 2.92. The number of thiophene rings is 1. The molecule has 2 aromatic heterocycles. The van der Waals surface area contributed by atoms with Gasteiger partial charge in [-0.3, -0.25) is 9.78 Å². The summed E-state index contributed by atoms with van der Waals surface area (Å²) < 4.78 is 0.876. The van der Waals surface area contributed by atoms with Crippen LogP contribution >= 0.6 is 27.3 Å². The normalized spacial score (nSPS) is 10.8. The summed E-state index contributed by atoms with van der Waals surface area (Å²) in [7, 11) is 0. The molecule has 0 aliphatic heterocycles. The largest absolute Gasteiger partial charge is 0.369 e. The van der Waals surface area contributed by atoms with Crippen LogP contribution in [0.2, 0.25) is 0 Å². The standard InChI is InChI=1S/C6H4BrN3OS/c7-3-1-2-4(11)9-6(8)10-5(2)12-3/h1H,(H3,8,9,10,11). The molecule has 0 spiro atoms. The summed E-state index contributed by atoms with van der Waals surface area (Å²) in [6.45, 7) is 0. The van der Waals surface area contributed by atoms with Gasteiger partial charge in [0, 0.05) is 0 Å². The van der Waals surface area contributed by atoms with Gasteiger partial charge in [0.05, 0.1) is 9.17 Å². The van der Waals surface area contributed by atoms with Crippen LogP contribution in [0, 0.1) is 0 Å². The van der Waals surface area contributed by atoms with E-state index in [1.54, 1.807) is 6.07 Å². The first kappa shape index (κ1) is 7.75. The number of anilines is 1. The molecule has 0 fully saturated rings. The molecule has 0 aliphatic rings. The number of fused-ring (bicyclic) bond motifs is 1. The summed E-state index contributed by atoms with van der Waals surface area (Å²) in [6.07, 6.45) is 0. The Hall–Kier alpha value is -0.880. The summed E-state index contributed by atoms with van der Waals surface area (Å²) in [6, 6.07) is 1.73. The van der Waals surface area contributed by atoms with Crippen LogP contribution < -0.4 is 11.3 Å².